The number of hydrogen-bond acceptors (Lipinski definition) is 1. The van der Waals surface area contributed by atoms with Crippen LogP contribution in [0.1, 0.15) is 12.0 Å². The van der Waals surface area contributed by atoms with Crippen LogP contribution in [0.4, 0.5) is 8.78 Å². The molecule has 1 heterocycles. The van der Waals surface area contributed by atoms with Gasteiger partial charge in [0, 0.05) is 19.4 Å². The van der Waals surface area contributed by atoms with Gasteiger partial charge >= 0.3 is 0 Å². The molecular formula is C11H12F2O. The molecule has 0 aliphatic carbocycles. The summed E-state index contributed by atoms with van der Waals surface area (Å²) >= 11 is 0. The highest BCUT2D eigenvalue weighted by molar-refractivity contribution is 5.18. The van der Waals surface area contributed by atoms with Gasteiger partial charge in [0.05, 0.1) is 6.61 Å². The Bertz CT molecular complexity index is 319. The van der Waals surface area contributed by atoms with Crippen molar-refractivity contribution in [3.05, 3.63) is 35.6 Å². The number of halogens is 2. The van der Waals surface area contributed by atoms with E-state index in [2.05, 4.69) is 0 Å². The molecule has 2 rings (SSSR count). The molecule has 0 amide bonds. The Balaban J connectivity index is 2.10. The molecule has 1 saturated heterocycles. The van der Waals surface area contributed by atoms with Crippen LogP contribution in [0.15, 0.2) is 24.3 Å². The summed E-state index contributed by atoms with van der Waals surface area (Å²) in [7, 11) is 0. The van der Waals surface area contributed by atoms with Gasteiger partial charge in [-0.25, -0.2) is 8.78 Å². The molecule has 1 unspecified atom stereocenters. The summed E-state index contributed by atoms with van der Waals surface area (Å²) in [4.78, 5) is 0. The maximum Gasteiger partial charge on any atom is 0.140 e. The van der Waals surface area contributed by atoms with Crippen LogP contribution in [0.25, 0.3) is 0 Å². The highest BCUT2D eigenvalue weighted by atomic mass is 19.1. The smallest absolute Gasteiger partial charge is 0.140 e. The van der Waals surface area contributed by atoms with Crippen molar-refractivity contribution in [2.24, 2.45) is 0 Å². The average molecular weight is 198 g/mol. The number of rotatable bonds is 2. The molecule has 1 atom stereocenters. The summed E-state index contributed by atoms with van der Waals surface area (Å²) in [6, 6.07) is 6.08. The van der Waals surface area contributed by atoms with Crippen molar-refractivity contribution in [2.75, 3.05) is 13.2 Å². The lowest BCUT2D eigenvalue weighted by molar-refractivity contribution is 0.112. The number of alkyl halides is 1. The van der Waals surface area contributed by atoms with Crippen LogP contribution in [0, 0.1) is 5.82 Å². The quantitative estimate of drug-likeness (QED) is 0.709. The van der Waals surface area contributed by atoms with Crippen LogP contribution >= 0.6 is 0 Å². The topological polar surface area (TPSA) is 9.23 Å². The Morgan fingerprint density at radius 2 is 2.29 bits per heavy atom. The molecule has 76 valence electrons. The zero-order chi connectivity index (χ0) is 10.0. The molecule has 0 radical (unpaired) electrons. The minimum absolute atomic E-state index is 0.128. The summed E-state index contributed by atoms with van der Waals surface area (Å²) in [5, 5.41) is 0. The minimum atomic E-state index is -1.30. The predicted octanol–water partition coefficient (Wildman–Crippen LogP) is 2.50. The lowest BCUT2D eigenvalue weighted by Crippen LogP contribution is -2.25. The largest absolute Gasteiger partial charge is 0.378 e. The molecule has 0 aromatic heterocycles. The van der Waals surface area contributed by atoms with Crippen LogP contribution in [0.2, 0.25) is 0 Å². The van der Waals surface area contributed by atoms with E-state index in [1.165, 1.54) is 12.1 Å². The van der Waals surface area contributed by atoms with E-state index in [9.17, 15) is 8.78 Å². The Kier molecular flexibility index (Phi) is 2.50. The Morgan fingerprint density at radius 3 is 2.93 bits per heavy atom. The van der Waals surface area contributed by atoms with E-state index in [0.717, 1.165) is 0 Å². The average Bonchev–Trinajstić information content (AvgIpc) is 2.51. The van der Waals surface area contributed by atoms with Crippen molar-refractivity contribution in [2.45, 2.75) is 18.5 Å². The minimum Gasteiger partial charge on any atom is -0.378 e. The first-order valence-corrected chi connectivity index (χ1v) is 4.69. The zero-order valence-electron chi connectivity index (χ0n) is 7.80. The molecule has 1 aromatic rings. The molecular weight excluding hydrogens is 186 g/mol. The second-order valence-electron chi connectivity index (χ2n) is 3.76. The Labute approximate surface area is 81.7 Å². The standard InChI is InChI=1S/C11H12F2O/c12-10-3-1-2-9(6-10)7-11(13)4-5-14-8-11/h1-3,6H,4-5,7-8H2. The molecule has 1 fully saturated rings. The van der Waals surface area contributed by atoms with Gasteiger partial charge in [-0.15, -0.1) is 0 Å². The van der Waals surface area contributed by atoms with Crippen LogP contribution in [-0.4, -0.2) is 18.9 Å². The summed E-state index contributed by atoms with van der Waals surface area (Å²) in [6.45, 7) is 0.593. The van der Waals surface area contributed by atoms with Gasteiger partial charge in [-0.3, -0.25) is 0 Å². The van der Waals surface area contributed by atoms with Crippen LogP contribution in [0.3, 0.4) is 0 Å². The number of ether oxygens (including phenoxy) is 1. The second kappa shape index (κ2) is 3.65. The lowest BCUT2D eigenvalue weighted by atomic mass is 9.96. The maximum absolute atomic E-state index is 13.9. The molecule has 1 aromatic carbocycles. The lowest BCUT2D eigenvalue weighted by Gasteiger charge is -2.16. The SMILES string of the molecule is Fc1cccc(CC2(F)CCOC2)c1. The molecule has 1 nitrogen and oxygen atoms in total. The summed E-state index contributed by atoms with van der Waals surface area (Å²) < 4.78 is 31.7. The molecule has 0 bridgehead atoms. The van der Waals surface area contributed by atoms with E-state index in [-0.39, 0.29) is 18.8 Å². The molecule has 0 N–H and O–H groups in total. The van der Waals surface area contributed by atoms with Crippen molar-refractivity contribution in [3.8, 4) is 0 Å². The van der Waals surface area contributed by atoms with Gasteiger partial charge in [-0.2, -0.15) is 0 Å². The van der Waals surface area contributed by atoms with Crippen LogP contribution in [-0.2, 0) is 11.2 Å². The van der Waals surface area contributed by atoms with E-state index >= 15 is 0 Å². The molecule has 14 heavy (non-hydrogen) atoms. The predicted molar refractivity (Wildman–Crippen MR) is 49.4 cm³/mol. The summed E-state index contributed by atoms with van der Waals surface area (Å²) in [5.41, 5.74) is -0.605. The summed E-state index contributed by atoms with van der Waals surface area (Å²) in [5.74, 6) is -0.315. The van der Waals surface area contributed by atoms with Gasteiger partial charge in [0.1, 0.15) is 11.5 Å². The van der Waals surface area contributed by atoms with E-state index < -0.39 is 5.67 Å². The van der Waals surface area contributed by atoms with Crippen molar-refractivity contribution in [3.63, 3.8) is 0 Å². The molecule has 3 heteroatoms. The van der Waals surface area contributed by atoms with Crippen molar-refractivity contribution in [1.29, 1.82) is 0 Å². The fraction of sp³-hybridized carbons (Fsp3) is 0.455. The molecule has 1 aliphatic rings. The van der Waals surface area contributed by atoms with E-state index in [1.807, 2.05) is 0 Å². The van der Waals surface area contributed by atoms with E-state index in [4.69, 9.17) is 4.74 Å². The van der Waals surface area contributed by atoms with Crippen molar-refractivity contribution >= 4 is 0 Å². The fourth-order valence-corrected chi connectivity index (χ4v) is 1.73. The monoisotopic (exact) mass is 198 g/mol. The normalized spacial score (nSPS) is 26.7. The maximum atomic E-state index is 13.9. The van der Waals surface area contributed by atoms with Gasteiger partial charge in [-0.05, 0) is 17.7 Å². The summed E-state index contributed by atoms with van der Waals surface area (Å²) in [6.07, 6.45) is 0.647. The van der Waals surface area contributed by atoms with Crippen LogP contribution < -0.4 is 0 Å². The molecule has 0 spiro atoms. The van der Waals surface area contributed by atoms with Gasteiger partial charge in [0.15, 0.2) is 0 Å². The Morgan fingerprint density at radius 1 is 1.43 bits per heavy atom. The first-order valence-electron chi connectivity index (χ1n) is 4.69. The molecule has 0 saturated carbocycles. The fourth-order valence-electron chi connectivity index (χ4n) is 1.73. The van der Waals surface area contributed by atoms with Gasteiger partial charge in [0.2, 0.25) is 0 Å². The first kappa shape index (κ1) is 9.59. The third kappa shape index (κ3) is 2.10. The second-order valence-corrected chi connectivity index (χ2v) is 3.76. The number of benzene rings is 1. The van der Waals surface area contributed by atoms with Gasteiger partial charge in [-0.1, -0.05) is 12.1 Å². The van der Waals surface area contributed by atoms with Crippen molar-refractivity contribution in [1.82, 2.24) is 0 Å². The van der Waals surface area contributed by atoms with E-state index in [0.29, 0.717) is 18.6 Å². The van der Waals surface area contributed by atoms with Crippen molar-refractivity contribution < 1.29 is 13.5 Å². The first-order chi connectivity index (χ1) is 6.68. The Hall–Kier alpha value is -0.960. The number of hydrogen-bond donors (Lipinski definition) is 0. The third-order valence-electron chi connectivity index (χ3n) is 2.47. The van der Waals surface area contributed by atoms with Gasteiger partial charge < -0.3 is 4.74 Å². The highest BCUT2D eigenvalue weighted by Crippen LogP contribution is 2.27. The molecule has 1 aliphatic heterocycles. The van der Waals surface area contributed by atoms with Gasteiger partial charge in [0.25, 0.3) is 0 Å². The third-order valence-corrected chi connectivity index (χ3v) is 2.47. The highest BCUT2D eigenvalue weighted by Gasteiger charge is 2.34. The zero-order valence-corrected chi connectivity index (χ0v) is 7.80. The van der Waals surface area contributed by atoms with Crippen LogP contribution in [0.5, 0.6) is 0 Å². The van der Waals surface area contributed by atoms with E-state index in [1.54, 1.807) is 12.1 Å².